The molecule has 0 saturated carbocycles. The number of allylic oxidation sites excluding steroid dienone is 1. The number of hydrogen-bond donors (Lipinski definition) is 4. The molecule has 6 nitrogen and oxygen atoms in total. The average Bonchev–Trinajstić information content (AvgIpc) is 2.28. The Morgan fingerprint density at radius 3 is 2.67 bits per heavy atom. The Balaban J connectivity index is 3.77. The molecule has 1 atom stereocenters. The van der Waals surface area contributed by atoms with Crippen LogP contribution in [-0.4, -0.2) is 43.2 Å². The van der Waals surface area contributed by atoms with E-state index in [0.717, 1.165) is 6.42 Å². The monoisotopic (exact) mass is 256 g/mol. The molecular weight excluding hydrogens is 232 g/mol. The van der Waals surface area contributed by atoms with Crippen molar-refractivity contribution in [3.05, 3.63) is 11.6 Å². The minimum atomic E-state index is -0.831. The molecule has 6 heteroatoms. The highest BCUT2D eigenvalue weighted by Crippen LogP contribution is 1.95. The highest BCUT2D eigenvalue weighted by molar-refractivity contribution is 5.77. The van der Waals surface area contributed by atoms with Crippen molar-refractivity contribution in [1.29, 1.82) is 0 Å². The van der Waals surface area contributed by atoms with E-state index in [4.69, 9.17) is 10.8 Å². The van der Waals surface area contributed by atoms with Crippen molar-refractivity contribution in [1.82, 2.24) is 10.6 Å². The maximum atomic E-state index is 10.7. The first-order valence-corrected chi connectivity index (χ1v) is 6.04. The van der Waals surface area contributed by atoms with Crippen molar-refractivity contribution < 1.29 is 9.90 Å². The van der Waals surface area contributed by atoms with Gasteiger partial charge >= 0.3 is 5.97 Å². The number of likely N-dealkylation sites (N-methyl/N-ethyl adjacent to an activating group) is 1. The molecule has 0 aliphatic rings. The molecule has 18 heavy (non-hydrogen) atoms. The van der Waals surface area contributed by atoms with Gasteiger partial charge in [-0.25, -0.2) is 4.99 Å². The van der Waals surface area contributed by atoms with Gasteiger partial charge in [-0.3, -0.25) is 4.79 Å². The largest absolute Gasteiger partial charge is 0.480 e. The number of nitrogens with one attached hydrogen (secondary N) is 2. The van der Waals surface area contributed by atoms with E-state index in [2.05, 4.69) is 15.6 Å². The number of nitrogens with two attached hydrogens (primary N) is 1. The molecule has 0 saturated heterocycles. The number of carboxylic acid groups (broad SMARTS) is 1. The normalized spacial score (nSPS) is 12.9. The van der Waals surface area contributed by atoms with E-state index in [-0.39, 0.29) is 0 Å². The van der Waals surface area contributed by atoms with Crippen LogP contribution in [0.2, 0.25) is 0 Å². The Bertz CT molecular complexity index is 309. The fourth-order valence-corrected chi connectivity index (χ4v) is 1.30. The second kappa shape index (κ2) is 9.47. The number of rotatable bonds is 8. The Morgan fingerprint density at radius 1 is 1.50 bits per heavy atom. The summed E-state index contributed by atoms with van der Waals surface area (Å²) in [5.74, 6) is -0.438. The highest BCUT2D eigenvalue weighted by atomic mass is 16.4. The van der Waals surface area contributed by atoms with Crippen molar-refractivity contribution in [3.63, 3.8) is 0 Å². The van der Waals surface area contributed by atoms with Gasteiger partial charge in [-0.1, -0.05) is 11.6 Å². The summed E-state index contributed by atoms with van der Waals surface area (Å²) in [7, 11) is 1.64. The summed E-state index contributed by atoms with van der Waals surface area (Å²) in [5, 5.41) is 14.5. The van der Waals surface area contributed by atoms with Gasteiger partial charge in [0.2, 0.25) is 0 Å². The molecule has 0 fully saturated rings. The third-order valence-electron chi connectivity index (χ3n) is 2.38. The predicted molar refractivity (Wildman–Crippen MR) is 73.6 cm³/mol. The standard InChI is InChI=1S/C12H24N4O2/c1-9(2)6-8-16-12(13)15-7-4-5-10(14-3)11(17)18/h6,10,14H,4-5,7-8H2,1-3H3,(H,17,18)(H3,13,15,16)/t10-/m0/s1. The van der Waals surface area contributed by atoms with Crippen molar-refractivity contribution in [2.75, 3.05) is 20.1 Å². The van der Waals surface area contributed by atoms with E-state index in [1.807, 2.05) is 19.9 Å². The van der Waals surface area contributed by atoms with Gasteiger partial charge in [-0.05, 0) is 33.7 Å². The summed E-state index contributed by atoms with van der Waals surface area (Å²) in [5.41, 5.74) is 6.85. The fourth-order valence-electron chi connectivity index (χ4n) is 1.30. The second-order valence-electron chi connectivity index (χ2n) is 4.26. The van der Waals surface area contributed by atoms with Crippen molar-refractivity contribution in [2.24, 2.45) is 10.7 Å². The summed E-state index contributed by atoms with van der Waals surface area (Å²) < 4.78 is 0. The molecule has 0 spiro atoms. The number of carbonyl (C=O) groups is 1. The fraction of sp³-hybridized carbons (Fsp3) is 0.667. The SMILES string of the molecule is CN[C@@H](CCCNC(N)=NCC=C(C)C)C(=O)O. The lowest BCUT2D eigenvalue weighted by molar-refractivity contribution is -0.139. The molecule has 0 heterocycles. The first kappa shape index (κ1) is 16.4. The molecule has 0 rings (SSSR count). The molecule has 0 aliphatic heterocycles. The van der Waals surface area contributed by atoms with Crippen molar-refractivity contribution in [2.45, 2.75) is 32.7 Å². The average molecular weight is 256 g/mol. The lowest BCUT2D eigenvalue weighted by Crippen LogP contribution is -2.36. The zero-order valence-electron chi connectivity index (χ0n) is 11.4. The Labute approximate surface area is 108 Å². The summed E-state index contributed by atoms with van der Waals surface area (Å²) in [6.45, 7) is 5.19. The van der Waals surface area contributed by atoms with E-state index < -0.39 is 12.0 Å². The van der Waals surface area contributed by atoms with Gasteiger partial charge in [-0.2, -0.15) is 0 Å². The van der Waals surface area contributed by atoms with Crippen LogP contribution in [0, 0.1) is 0 Å². The van der Waals surface area contributed by atoms with Crippen LogP contribution in [0.25, 0.3) is 0 Å². The van der Waals surface area contributed by atoms with Crippen LogP contribution in [0.1, 0.15) is 26.7 Å². The van der Waals surface area contributed by atoms with E-state index in [0.29, 0.717) is 25.5 Å². The topological polar surface area (TPSA) is 99.7 Å². The summed E-state index contributed by atoms with van der Waals surface area (Å²) in [4.78, 5) is 14.8. The van der Waals surface area contributed by atoms with E-state index in [1.165, 1.54) is 5.57 Å². The summed E-state index contributed by atoms with van der Waals surface area (Å²) in [6.07, 6.45) is 3.26. The number of nitrogens with zero attached hydrogens (tertiary/aromatic N) is 1. The van der Waals surface area contributed by atoms with Gasteiger partial charge in [-0.15, -0.1) is 0 Å². The third-order valence-corrected chi connectivity index (χ3v) is 2.38. The maximum Gasteiger partial charge on any atom is 0.320 e. The molecule has 0 aromatic heterocycles. The van der Waals surface area contributed by atoms with E-state index in [1.54, 1.807) is 7.05 Å². The van der Waals surface area contributed by atoms with Crippen LogP contribution in [0.3, 0.4) is 0 Å². The molecule has 5 N–H and O–H groups in total. The zero-order valence-corrected chi connectivity index (χ0v) is 11.4. The number of aliphatic carboxylic acids is 1. The number of carboxylic acids is 1. The van der Waals surface area contributed by atoms with Crippen LogP contribution in [0.15, 0.2) is 16.6 Å². The van der Waals surface area contributed by atoms with Crippen LogP contribution < -0.4 is 16.4 Å². The number of aliphatic imine (C=N–C) groups is 1. The summed E-state index contributed by atoms with van der Waals surface area (Å²) >= 11 is 0. The van der Waals surface area contributed by atoms with Crippen LogP contribution >= 0.6 is 0 Å². The second-order valence-corrected chi connectivity index (χ2v) is 4.26. The van der Waals surface area contributed by atoms with Crippen molar-refractivity contribution in [3.8, 4) is 0 Å². The van der Waals surface area contributed by atoms with Gasteiger partial charge in [0, 0.05) is 6.54 Å². The van der Waals surface area contributed by atoms with Crippen LogP contribution in [-0.2, 0) is 4.79 Å². The molecule has 0 amide bonds. The number of hydrogen-bond acceptors (Lipinski definition) is 3. The lowest BCUT2D eigenvalue weighted by atomic mass is 10.1. The smallest absolute Gasteiger partial charge is 0.320 e. The molecule has 0 unspecified atom stereocenters. The first-order chi connectivity index (χ1) is 8.47. The van der Waals surface area contributed by atoms with Crippen molar-refractivity contribution >= 4 is 11.9 Å². The highest BCUT2D eigenvalue weighted by Gasteiger charge is 2.13. The zero-order chi connectivity index (χ0) is 14.0. The Kier molecular flexibility index (Phi) is 8.65. The third kappa shape index (κ3) is 8.58. The molecule has 0 aromatic rings. The Morgan fingerprint density at radius 2 is 2.17 bits per heavy atom. The first-order valence-electron chi connectivity index (χ1n) is 6.04. The van der Waals surface area contributed by atoms with Gasteiger partial charge < -0.3 is 21.5 Å². The molecule has 104 valence electrons. The summed E-state index contributed by atoms with van der Waals surface area (Å²) in [6, 6.07) is -0.504. The molecule has 0 bridgehead atoms. The van der Waals surface area contributed by atoms with E-state index in [9.17, 15) is 4.79 Å². The van der Waals surface area contributed by atoms with Crippen LogP contribution in [0.4, 0.5) is 0 Å². The molecule has 0 aromatic carbocycles. The molecular formula is C12H24N4O2. The van der Waals surface area contributed by atoms with Crippen LogP contribution in [0.5, 0.6) is 0 Å². The molecule has 0 radical (unpaired) electrons. The number of guanidine groups is 1. The van der Waals surface area contributed by atoms with Gasteiger partial charge in [0.1, 0.15) is 6.04 Å². The van der Waals surface area contributed by atoms with Gasteiger partial charge in [0.05, 0.1) is 6.54 Å². The predicted octanol–water partition coefficient (Wildman–Crippen LogP) is 0.310. The van der Waals surface area contributed by atoms with Gasteiger partial charge in [0.25, 0.3) is 0 Å². The maximum absolute atomic E-state index is 10.7. The molecule has 0 aliphatic carbocycles. The Hall–Kier alpha value is -1.56. The minimum absolute atomic E-state index is 0.392. The quantitative estimate of drug-likeness (QED) is 0.217. The van der Waals surface area contributed by atoms with E-state index >= 15 is 0 Å². The van der Waals surface area contributed by atoms with Gasteiger partial charge in [0.15, 0.2) is 5.96 Å². The lowest BCUT2D eigenvalue weighted by Gasteiger charge is -2.11. The minimum Gasteiger partial charge on any atom is -0.480 e.